The Morgan fingerprint density at radius 2 is 1.84 bits per heavy atom. The maximum atomic E-state index is 14.0. The van der Waals surface area contributed by atoms with E-state index < -0.39 is 29.1 Å². The molecule has 4 N–H and O–H groups in total. The van der Waals surface area contributed by atoms with Gasteiger partial charge in [-0.15, -0.1) is 0 Å². The summed E-state index contributed by atoms with van der Waals surface area (Å²) in [6.45, 7) is 3.10. The number of carbonyl (C=O) groups is 2. The summed E-state index contributed by atoms with van der Waals surface area (Å²) in [5.74, 6) is 2.75. The first-order valence-electron chi connectivity index (χ1n) is 12.4. The lowest BCUT2D eigenvalue weighted by Crippen LogP contribution is -2.25. The second kappa shape index (κ2) is 9.34. The summed E-state index contributed by atoms with van der Waals surface area (Å²) < 4.78 is 27.9. The minimum absolute atomic E-state index is 0.0918. The van der Waals surface area contributed by atoms with Crippen LogP contribution in [-0.4, -0.2) is 27.5 Å². The summed E-state index contributed by atoms with van der Waals surface area (Å²) in [6.07, 6.45) is 1.76. The fourth-order valence-electron chi connectivity index (χ4n) is 5.03. The van der Waals surface area contributed by atoms with Gasteiger partial charge in [0.25, 0.3) is 5.91 Å². The van der Waals surface area contributed by atoms with Crippen molar-refractivity contribution in [2.45, 2.75) is 56.6 Å². The van der Waals surface area contributed by atoms with Gasteiger partial charge in [-0.1, -0.05) is 18.1 Å². The molecular weight excluding hydrogens is 488 g/mol. The van der Waals surface area contributed by atoms with E-state index in [2.05, 4.69) is 17.2 Å². The van der Waals surface area contributed by atoms with Gasteiger partial charge in [-0.2, -0.15) is 0 Å². The van der Waals surface area contributed by atoms with Crippen LogP contribution in [0.3, 0.4) is 0 Å². The molecule has 194 valence electrons. The van der Waals surface area contributed by atoms with Crippen LogP contribution < -0.4 is 11.1 Å². The lowest BCUT2D eigenvalue weighted by atomic mass is 9.86. The monoisotopic (exact) mass is 515 g/mol. The van der Waals surface area contributed by atoms with Crippen molar-refractivity contribution in [3.8, 4) is 23.0 Å². The zero-order valence-corrected chi connectivity index (χ0v) is 21.1. The standard InChI is InChI=1S/C30H27F2N3O3/c1-29(2,38)8-7-22-4-5-23(18-3-6-25-24(14-18)28(37)35-30(25)9-10-30)27(34-22)19(15-26(33)36)11-17-12-20(31)16-21(32)13-17/h3-6,12-14,16,19,38H,9-11,15H2,1-2H3,(H2,33,36)(H,35,37)/t19-/m0/s1. The molecule has 1 atom stereocenters. The number of rotatable bonds is 6. The highest BCUT2D eigenvalue weighted by Crippen LogP contribution is 2.51. The van der Waals surface area contributed by atoms with Gasteiger partial charge in [-0.05, 0) is 86.1 Å². The van der Waals surface area contributed by atoms with Gasteiger partial charge < -0.3 is 16.2 Å². The molecule has 2 heterocycles. The van der Waals surface area contributed by atoms with Gasteiger partial charge in [-0.3, -0.25) is 9.59 Å². The number of aliphatic hydroxyl groups is 1. The fourth-order valence-corrected chi connectivity index (χ4v) is 5.03. The van der Waals surface area contributed by atoms with Gasteiger partial charge in [-0.25, -0.2) is 13.8 Å². The largest absolute Gasteiger partial charge is 0.378 e. The number of aromatic nitrogens is 1. The van der Waals surface area contributed by atoms with Crippen molar-refractivity contribution in [2.75, 3.05) is 0 Å². The Bertz CT molecular complexity index is 1510. The number of benzene rings is 2. The SMILES string of the molecule is CC(C)(O)C#Cc1ccc(-c2ccc3c(c2)C(=O)NC32CC2)c([C@H](CC(N)=O)Cc2cc(F)cc(F)c2)n1. The Balaban J connectivity index is 1.64. The van der Waals surface area contributed by atoms with Crippen LogP contribution in [0, 0.1) is 23.5 Å². The van der Waals surface area contributed by atoms with Gasteiger partial charge in [0, 0.05) is 29.5 Å². The predicted octanol–water partition coefficient (Wildman–Crippen LogP) is 4.08. The second-order valence-electron chi connectivity index (χ2n) is 10.6. The van der Waals surface area contributed by atoms with E-state index in [1.165, 1.54) is 12.1 Å². The number of halogens is 2. The fraction of sp³-hybridized carbons (Fsp3) is 0.300. The summed E-state index contributed by atoms with van der Waals surface area (Å²) in [7, 11) is 0. The number of hydrogen-bond donors (Lipinski definition) is 3. The Kier molecular flexibility index (Phi) is 6.28. The summed E-state index contributed by atoms with van der Waals surface area (Å²) in [4.78, 5) is 29.5. The third-order valence-corrected chi connectivity index (χ3v) is 6.85. The zero-order valence-electron chi connectivity index (χ0n) is 21.1. The van der Waals surface area contributed by atoms with Crippen LogP contribution in [-0.2, 0) is 16.8 Å². The van der Waals surface area contributed by atoms with Crippen molar-refractivity contribution in [1.82, 2.24) is 10.3 Å². The molecule has 1 aliphatic carbocycles. The molecule has 0 saturated heterocycles. The van der Waals surface area contributed by atoms with E-state index in [1.807, 2.05) is 18.2 Å². The molecule has 1 saturated carbocycles. The number of nitrogens with zero attached hydrogens (tertiary/aromatic N) is 1. The van der Waals surface area contributed by atoms with E-state index in [0.29, 0.717) is 33.6 Å². The van der Waals surface area contributed by atoms with Crippen LogP contribution in [0.4, 0.5) is 8.78 Å². The van der Waals surface area contributed by atoms with Crippen molar-refractivity contribution in [3.63, 3.8) is 0 Å². The number of primary amides is 1. The number of hydrogen-bond acceptors (Lipinski definition) is 4. The molecule has 1 aliphatic heterocycles. The van der Waals surface area contributed by atoms with Crippen LogP contribution >= 0.6 is 0 Å². The molecule has 1 fully saturated rings. The maximum absolute atomic E-state index is 14.0. The molecular formula is C30H27F2N3O3. The molecule has 0 bridgehead atoms. The van der Waals surface area contributed by atoms with Crippen LogP contribution in [0.25, 0.3) is 11.1 Å². The summed E-state index contributed by atoms with van der Waals surface area (Å²) in [6, 6.07) is 12.3. The minimum Gasteiger partial charge on any atom is -0.378 e. The highest BCUT2D eigenvalue weighted by atomic mass is 19.1. The molecule has 2 amide bonds. The zero-order chi connectivity index (χ0) is 27.2. The average molecular weight is 516 g/mol. The summed E-state index contributed by atoms with van der Waals surface area (Å²) >= 11 is 0. The molecule has 1 spiro atoms. The van der Waals surface area contributed by atoms with E-state index >= 15 is 0 Å². The van der Waals surface area contributed by atoms with Gasteiger partial charge in [0.05, 0.1) is 11.2 Å². The van der Waals surface area contributed by atoms with Crippen molar-refractivity contribution < 1.29 is 23.5 Å². The smallest absolute Gasteiger partial charge is 0.252 e. The molecule has 1 aromatic heterocycles. The van der Waals surface area contributed by atoms with Crippen LogP contribution in [0.1, 0.15) is 71.9 Å². The van der Waals surface area contributed by atoms with Crippen molar-refractivity contribution in [1.29, 1.82) is 0 Å². The van der Waals surface area contributed by atoms with Crippen LogP contribution in [0.15, 0.2) is 48.5 Å². The first-order chi connectivity index (χ1) is 17.9. The minimum atomic E-state index is -1.25. The van der Waals surface area contributed by atoms with Gasteiger partial charge >= 0.3 is 0 Å². The first-order valence-corrected chi connectivity index (χ1v) is 12.4. The molecule has 2 aliphatic rings. The molecule has 0 radical (unpaired) electrons. The molecule has 6 nitrogen and oxygen atoms in total. The number of nitrogens with one attached hydrogen (secondary N) is 1. The molecule has 2 aromatic carbocycles. The normalized spacial score (nSPS) is 15.9. The lowest BCUT2D eigenvalue weighted by molar-refractivity contribution is -0.118. The Morgan fingerprint density at radius 3 is 2.47 bits per heavy atom. The Hall–Kier alpha value is -4.09. The predicted molar refractivity (Wildman–Crippen MR) is 138 cm³/mol. The van der Waals surface area contributed by atoms with E-state index in [1.54, 1.807) is 26.0 Å². The number of amides is 2. The quantitative estimate of drug-likeness (QED) is 0.430. The Morgan fingerprint density at radius 1 is 1.13 bits per heavy atom. The van der Waals surface area contributed by atoms with E-state index in [-0.39, 0.29) is 24.3 Å². The molecule has 0 unspecified atom stereocenters. The molecule has 5 rings (SSSR count). The maximum Gasteiger partial charge on any atom is 0.252 e. The van der Waals surface area contributed by atoms with E-state index in [0.717, 1.165) is 24.5 Å². The summed E-state index contributed by atoms with van der Waals surface area (Å²) in [5, 5.41) is 13.1. The van der Waals surface area contributed by atoms with Crippen LogP contribution in [0.2, 0.25) is 0 Å². The molecule has 8 heteroatoms. The van der Waals surface area contributed by atoms with E-state index in [4.69, 9.17) is 10.7 Å². The second-order valence-corrected chi connectivity index (χ2v) is 10.6. The number of nitrogens with two attached hydrogens (primary N) is 1. The van der Waals surface area contributed by atoms with E-state index in [9.17, 15) is 23.5 Å². The molecule has 38 heavy (non-hydrogen) atoms. The highest BCUT2D eigenvalue weighted by Gasteiger charge is 2.52. The number of pyridine rings is 1. The van der Waals surface area contributed by atoms with Crippen molar-refractivity contribution in [3.05, 3.63) is 88.2 Å². The first kappa shape index (κ1) is 25.6. The van der Waals surface area contributed by atoms with Gasteiger partial charge in [0.1, 0.15) is 22.9 Å². The Labute approximate surface area is 219 Å². The van der Waals surface area contributed by atoms with Gasteiger partial charge in [0.2, 0.25) is 5.91 Å². The molecule has 3 aromatic rings. The van der Waals surface area contributed by atoms with Crippen molar-refractivity contribution >= 4 is 11.8 Å². The number of carbonyl (C=O) groups excluding carboxylic acids is 2. The highest BCUT2D eigenvalue weighted by molar-refractivity contribution is 6.01. The number of fused-ring (bicyclic) bond motifs is 2. The average Bonchev–Trinajstić information content (AvgIpc) is 3.54. The third kappa shape index (κ3) is 5.29. The van der Waals surface area contributed by atoms with Crippen molar-refractivity contribution in [2.24, 2.45) is 5.73 Å². The third-order valence-electron chi connectivity index (χ3n) is 6.85. The topological polar surface area (TPSA) is 105 Å². The van der Waals surface area contributed by atoms with Crippen LogP contribution in [0.5, 0.6) is 0 Å². The van der Waals surface area contributed by atoms with Gasteiger partial charge in [0.15, 0.2) is 0 Å². The lowest BCUT2D eigenvalue weighted by Gasteiger charge is -2.20. The summed E-state index contributed by atoms with van der Waals surface area (Å²) in [5.41, 5.74) is 8.14.